The monoisotopic (exact) mass is 295 g/mol. The fourth-order valence-electron chi connectivity index (χ4n) is 1.86. The van der Waals surface area contributed by atoms with Crippen molar-refractivity contribution in [1.29, 1.82) is 0 Å². The highest BCUT2D eigenvalue weighted by Gasteiger charge is 2.15. The van der Waals surface area contributed by atoms with E-state index in [9.17, 15) is 0 Å². The van der Waals surface area contributed by atoms with E-state index in [4.69, 9.17) is 15.0 Å². The molecule has 0 radical (unpaired) electrons. The van der Waals surface area contributed by atoms with E-state index in [2.05, 4.69) is 25.2 Å². The number of fused-ring (bicyclic) bond motifs is 1. The number of ether oxygens (including phenoxy) is 1. The second kappa shape index (κ2) is 4.81. The normalized spacial score (nSPS) is 10.9. The Kier molecular flexibility index (Phi) is 2.68. The van der Waals surface area contributed by atoms with Crippen molar-refractivity contribution in [2.45, 2.75) is 0 Å². The Morgan fingerprint density at radius 2 is 1.91 bits per heavy atom. The zero-order valence-electron chi connectivity index (χ0n) is 11.1. The van der Waals surface area contributed by atoms with E-state index < -0.39 is 0 Å². The number of para-hydroxylation sites is 1. The highest BCUT2D eigenvalue weighted by molar-refractivity contribution is 5.50. The van der Waals surface area contributed by atoms with Crippen molar-refractivity contribution < 1.29 is 9.26 Å². The van der Waals surface area contributed by atoms with Crippen molar-refractivity contribution in [2.24, 2.45) is 0 Å². The number of benzene rings is 1. The highest BCUT2D eigenvalue weighted by Crippen LogP contribution is 2.20. The summed E-state index contributed by atoms with van der Waals surface area (Å²) in [6.45, 7) is 0. The third-order valence-corrected chi connectivity index (χ3v) is 2.82. The lowest BCUT2D eigenvalue weighted by atomic mass is 10.3. The minimum Gasteiger partial charge on any atom is -0.424 e. The molecule has 3 heterocycles. The van der Waals surface area contributed by atoms with Gasteiger partial charge in [0.1, 0.15) is 5.75 Å². The first-order valence-electron chi connectivity index (χ1n) is 6.34. The standard InChI is InChI=1S/C13H9N7O2/c14-11-17-13(21-8-4-2-1-3-5-8)18-12-16-10(19-20(11)12)9-6-7-15-22-9/h1-7H,(H2,14,16,17,18,19). The summed E-state index contributed by atoms with van der Waals surface area (Å²) in [5.41, 5.74) is 5.86. The van der Waals surface area contributed by atoms with Crippen LogP contribution in [0.25, 0.3) is 17.4 Å². The van der Waals surface area contributed by atoms with Crippen LogP contribution >= 0.6 is 0 Å². The summed E-state index contributed by atoms with van der Waals surface area (Å²) >= 11 is 0. The molecule has 0 saturated heterocycles. The highest BCUT2D eigenvalue weighted by atomic mass is 16.5. The molecule has 22 heavy (non-hydrogen) atoms. The van der Waals surface area contributed by atoms with Gasteiger partial charge in [-0.15, -0.1) is 5.10 Å². The van der Waals surface area contributed by atoms with E-state index in [1.54, 1.807) is 18.2 Å². The fourth-order valence-corrected chi connectivity index (χ4v) is 1.86. The molecule has 0 aliphatic rings. The molecule has 9 nitrogen and oxygen atoms in total. The maximum Gasteiger partial charge on any atom is 0.328 e. The molecule has 0 saturated carbocycles. The Morgan fingerprint density at radius 3 is 2.68 bits per heavy atom. The number of hydrogen-bond acceptors (Lipinski definition) is 8. The van der Waals surface area contributed by atoms with E-state index in [-0.39, 0.29) is 17.7 Å². The van der Waals surface area contributed by atoms with Crippen LogP contribution in [-0.4, -0.2) is 29.7 Å². The first-order chi connectivity index (χ1) is 10.8. The van der Waals surface area contributed by atoms with Crippen molar-refractivity contribution in [1.82, 2.24) is 29.7 Å². The van der Waals surface area contributed by atoms with Gasteiger partial charge in [0.25, 0.3) is 5.78 Å². The molecule has 1 aromatic carbocycles. The quantitative estimate of drug-likeness (QED) is 0.605. The van der Waals surface area contributed by atoms with Crippen LogP contribution in [0.15, 0.2) is 47.1 Å². The topological polar surface area (TPSA) is 117 Å². The smallest absolute Gasteiger partial charge is 0.328 e. The molecule has 0 amide bonds. The van der Waals surface area contributed by atoms with Crippen molar-refractivity contribution in [2.75, 3.05) is 5.73 Å². The molecule has 108 valence electrons. The summed E-state index contributed by atoms with van der Waals surface area (Å²) < 4.78 is 11.9. The first kappa shape index (κ1) is 12.3. The minimum atomic E-state index is 0.0905. The predicted octanol–water partition coefficient (Wildman–Crippen LogP) is 1.55. The molecule has 0 atom stereocenters. The molecular weight excluding hydrogens is 286 g/mol. The lowest BCUT2D eigenvalue weighted by molar-refractivity contribution is 0.429. The fraction of sp³-hybridized carbons (Fsp3) is 0. The summed E-state index contributed by atoms with van der Waals surface area (Å²) in [6, 6.07) is 10.9. The third-order valence-electron chi connectivity index (χ3n) is 2.82. The van der Waals surface area contributed by atoms with E-state index >= 15 is 0 Å². The number of anilines is 1. The first-order valence-corrected chi connectivity index (χ1v) is 6.34. The van der Waals surface area contributed by atoms with Crippen molar-refractivity contribution in [3.8, 4) is 23.3 Å². The molecule has 0 aliphatic carbocycles. The second-order valence-electron chi connectivity index (χ2n) is 4.30. The van der Waals surface area contributed by atoms with Gasteiger partial charge in [0, 0.05) is 6.07 Å². The van der Waals surface area contributed by atoms with Gasteiger partial charge in [-0.1, -0.05) is 23.4 Å². The Hall–Kier alpha value is -3.49. The van der Waals surface area contributed by atoms with Gasteiger partial charge >= 0.3 is 6.01 Å². The van der Waals surface area contributed by atoms with Crippen LogP contribution in [0.4, 0.5) is 5.95 Å². The van der Waals surface area contributed by atoms with E-state index in [1.165, 1.54) is 10.7 Å². The van der Waals surface area contributed by atoms with Crippen LogP contribution in [0, 0.1) is 0 Å². The molecular formula is C13H9N7O2. The van der Waals surface area contributed by atoms with Gasteiger partial charge in [0.15, 0.2) is 0 Å². The van der Waals surface area contributed by atoms with Gasteiger partial charge in [-0.2, -0.15) is 19.5 Å². The van der Waals surface area contributed by atoms with Crippen molar-refractivity contribution in [3.05, 3.63) is 42.6 Å². The number of hydrogen-bond donors (Lipinski definition) is 1. The number of nitrogens with zero attached hydrogens (tertiary/aromatic N) is 6. The zero-order valence-corrected chi connectivity index (χ0v) is 11.1. The molecule has 4 rings (SSSR count). The van der Waals surface area contributed by atoms with Crippen LogP contribution < -0.4 is 10.5 Å². The van der Waals surface area contributed by atoms with Crippen molar-refractivity contribution >= 4 is 11.7 Å². The van der Waals surface area contributed by atoms with Crippen molar-refractivity contribution in [3.63, 3.8) is 0 Å². The number of aromatic nitrogens is 6. The Labute approximate surface area is 123 Å². The Bertz CT molecular complexity index is 918. The Morgan fingerprint density at radius 1 is 1.05 bits per heavy atom. The largest absolute Gasteiger partial charge is 0.424 e. The average molecular weight is 295 g/mol. The SMILES string of the molecule is Nc1nc(Oc2ccccc2)nc2nc(-c3ccno3)nn12. The summed E-state index contributed by atoms with van der Waals surface area (Å²) in [6.07, 6.45) is 1.50. The molecule has 2 N–H and O–H groups in total. The van der Waals surface area contributed by atoms with Crippen LogP contribution in [-0.2, 0) is 0 Å². The lowest BCUT2D eigenvalue weighted by Gasteiger charge is -2.03. The maximum absolute atomic E-state index is 5.86. The molecule has 9 heteroatoms. The second-order valence-corrected chi connectivity index (χ2v) is 4.30. The summed E-state index contributed by atoms with van der Waals surface area (Å²) in [7, 11) is 0. The maximum atomic E-state index is 5.86. The van der Waals surface area contributed by atoms with E-state index in [0.717, 1.165) is 0 Å². The third kappa shape index (κ3) is 2.10. The van der Waals surface area contributed by atoms with Crippen LogP contribution in [0.3, 0.4) is 0 Å². The number of rotatable bonds is 3. The number of nitrogens with two attached hydrogens (primary N) is 1. The Balaban J connectivity index is 1.76. The molecule has 4 aromatic rings. The van der Waals surface area contributed by atoms with Crippen LogP contribution in [0.5, 0.6) is 11.8 Å². The summed E-state index contributed by atoms with van der Waals surface area (Å²) in [5.74, 6) is 1.69. The molecule has 0 aliphatic heterocycles. The minimum absolute atomic E-state index is 0.0905. The molecule has 0 spiro atoms. The molecule has 3 aromatic heterocycles. The van der Waals surface area contributed by atoms with Gasteiger partial charge < -0.3 is 15.0 Å². The summed E-state index contributed by atoms with van der Waals surface area (Å²) in [5, 5.41) is 7.78. The van der Waals surface area contributed by atoms with Gasteiger partial charge in [-0.05, 0) is 12.1 Å². The van der Waals surface area contributed by atoms with Gasteiger partial charge in [0.2, 0.25) is 17.5 Å². The van der Waals surface area contributed by atoms with E-state index in [0.29, 0.717) is 17.3 Å². The average Bonchev–Trinajstić information content (AvgIpc) is 3.17. The van der Waals surface area contributed by atoms with E-state index in [1.807, 2.05) is 18.2 Å². The molecule has 0 unspecified atom stereocenters. The molecule has 0 fully saturated rings. The zero-order chi connectivity index (χ0) is 14.9. The van der Waals surface area contributed by atoms with Gasteiger partial charge in [-0.25, -0.2) is 0 Å². The predicted molar refractivity (Wildman–Crippen MR) is 75.0 cm³/mol. The summed E-state index contributed by atoms with van der Waals surface area (Å²) in [4.78, 5) is 12.5. The number of nitrogen functional groups attached to an aromatic ring is 1. The molecule has 0 bridgehead atoms. The van der Waals surface area contributed by atoms with Gasteiger partial charge in [0.05, 0.1) is 6.20 Å². The van der Waals surface area contributed by atoms with Crippen LogP contribution in [0.1, 0.15) is 0 Å². The lowest BCUT2D eigenvalue weighted by Crippen LogP contribution is -2.05. The van der Waals surface area contributed by atoms with Gasteiger partial charge in [-0.3, -0.25) is 0 Å². The van der Waals surface area contributed by atoms with Crippen LogP contribution in [0.2, 0.25) is 0 Å².